The van der Waals surface area contributed by atoms with Crippen LogP contribution in [0.15, 0.2) is 45.8 Å². The number of thioether (sulfide) groups is 1. The molecule has 0 spiro atoms. The number of hydrogen-bond acceptors (Lipinski definition) is 7. The third-order valence-corrected chi connectivity index (χ3v) is 8.41. The highest BCUT2D eigenvalue weighted by atomic mass is 32.2. The number of carbonyl (C=O) groups excluding carboxylic acids is 1. The van der Waals surface area contributed by atoms with Crippen molar-refractivity contribution in [2.75, 3.05) is 35.2 Å². The third-order valence-electron chi connectivity index (χ3n) is 6.10. The van der Waals surface area contributed by atoms with Gasteiger partial charge in [0.1, 0.15) is 5.82 Å². The number of nitrogens with zero attached hydrogens (tertiary/aromatic N) is 4. The Kier molecular flexibility index (Phi) is 5.58. The van der Waals surface area contributed by atoms with Gasteiger partial charge in [0.2, 0.25) is 0 Å². The van der Waals surface area contributed by atoms with Crippen LogP contribution in [-0.2, 0) is 16.6 Å². The van der Waals surface area contributed by atoms with E-state index in [1.165, 1.54) is 24.6 Å². The Morgan fingerprint density at radius 1 is 1.19 bits per heavy atom. The summed E-state index contributed by atoms with van der Waals surface area (Å²) in [4.78, 5) is 22.3. The van der Waals surface area contributed by atoms with Gasteiger partial charge in [0.05, 0.1) is 11.4 Å². The van der Waals surface area contributed by atoms with Crippen LogP contribution in [0.25, 0.3) is 0 Å². The SMILES string of the molecule is CC1CCN(c2ccc(CNC(=O)c3ccc4c(c3)SC3=NS(=O)(=O)CCN34)cn2)CC1. The van der Waals surface area contributed by atoms with Crippen LogP contribution in [0.2, 0.25) is 0 Å². The van der Waals surface area contributed by atoms with E-state index in [0.29, 0.717) is 23.8 Å². The molecule has 4 heterocycles. The second-order valence-corrected chi connectivity index (χ2v) is 11.2. The third kappa shape index (κ3) is 4.33. The monoisotopic (exact) mass is 471 g/mol. The Labute approximate surface area is 192 Å². The Balaban J connectivity index is 1.21. The minimum Gasteiger partial charge on any atom is -0.357 e. The number of fused-ring (bicyclic) bond motifs is 3. The zero-order valence-corrected chi connectivity index (χ0v) is 19.5. The predicted molar refractivity (Wildman–Crippen MR) is 127 cm³/mol. The summed E-state index contributed by atoms with van der Waals surface area (Å²) in [5, 5.41) is 3.40. The molecular weight excluding hydrogens is 446 g/mol. The van der Waals surface area contributed by atoms with Crippen molar-refractivity contribution >= 4 is 44.4 Å². The number of sulfonamides is 1. The molecule has 0 saturated carbocycles. The first-order valence-electron chi connectivity index (χ1n) is 10.8. The zero-order chi connectivity index (χ0) is 22.3. The maximum Gasteiger partial charge on any atom is 0.257 e. The van der Waals surface area contributed by atoms with Crippen molar-refractivity contribution in [2.24, 2.45) is 10.3 Å². The number of amides is 1. The topological polar surface area (TPSA) is 95.0 Å². The van der Waals surface area contributed by atoms with E-state index in [1.807, 2.05) is 29.3 Å². The highest BCUT2D eigenvalue weighted by Gasteiger charge is 2.33. The van der Waals surface area contributed by atoms with Crippen LogP contribution in [0, 0.1) is 5.92 Å². The van der Waals surface area contributed by atoms with Crippen LogP contribution >= 0.6 is 11.8 Å². The van der Waals surface area contributed by atoms with Crippen molar-refractivity contribution in [1.29, 1.82) is 0 Å². The minimum atomic E-state index is -3.40. The van der Waals surface area contributed by atoms with Gasteiger partial charge >= 0.3 is 0 Å². The lowest BCUT2D eigenvalue weighted by atomic mass is 9.99. The van der Waals surface area contributed by atoms with Crippen LogP contribution in [0.1, 0.15) is 35.7 Å². The highest BCUT2D eigenvalue weighted by molar-refractivity contribution is 8.15. The van der Waals surface area contributed by atoms with Gasteiger partial charge in [-0.25, -0.2) is 13.4 Å². The van der Waals surface area contributed by atoms with Crippen LogP contribution in [-0.4, -0.2) is 49.9 Å². The highest BCUT2D eigenvalue weighted by Crippen LogP contribution is 2.42. The molecule has 1 fully saturated rings. The fourth-order valence-corrected chi connectivity index (χ4v) is 6.40. The summed E-state index contributed by atoms with van der Waals surface area (Å²) in [5.41, 5.74) is 2.37. The van der Waals surface area contributed by atoms with E-state index < -0.39 is 10.0 Å². The molecule has 0 unspecified atom stereocenters. The predicted octanol–water partition coefficient (Wildman–Crippen LogP) is 2.86. The molecule has 1 aromatic heterocycles. The first-order valence-corrected chi connectivity index (χ1v) is 13.2. The van der Waals surface area contributed by atoms with Gasteiger partial charge in [-0.2, -0.15) is 0 Å². The Bertz CT molecular complexity index is 1170. The number of anilines is 2. The minimum absolute atomic E-state index is 0.00243. The molecule has 10 heteroatoms. The molecule has 1 aromatic carbocycles. The van der Waals surface area contributed by atoms with Gasteiger partial charge in [0.15, 0.2) is 5.17 Å². The smallest absolute Gasteiger partial charge is 0.257 e. The normalized spacial score (nSPS) is 19.8. The first kappa shape index (κ1) is 21.3. The second-order valence-electron chi connectivity index (χ2n) is 8.47. The summed E-state index contributed by atoms with van der Waals surface area (Å²) in [6, 6.07) is 9.44. The zero-order valence-electron chi connectivity index (χ0n) is 17.8. The number of rotatable bonds is 4. The fourth-order valence-electron chi connectivity index (χ4n) is 4.10. The van der Waals surface area contributed by atoms with Crippen molar-refractivity contribution in [1.82, 2.24) is 10.3 Å². The number of carbonyl (C=O) groups is 1. The molecule has 3 aliphatic heterocycles. The largest absolute Gasteiger partial charge is 0.357 e. The summed E-state index contributed by atoms with van der Waals surface area (Å²) < 4.78 is 27.4. The quantitative estimate of drug-likeness (QED) is 0.733. The van der Waals surface area contributed by atoms with Gasteiger partial charge in [-0.3, -0.25) is 4.79 Å². The molecule has 0 bridgehead atoms. The van der Waals surface area contributed by atoms with Gasteiger partial charge in [0, 0.05) is 42.8 Å². The Morgan fingerprint density at radius 2 is 2.00 bits per heavy atom. The summed E-state index contributed by atoms with van der Waals surface area (Å²) in [6.45, 7) is 5.14. The number of aromatic nitrogens is 1. The van der Waals surface area contributed by atoms with Crippen LogP contribution in [0.3, 0.4) is 0 Å². The average Bonchev–Trinajstić information content (AvgIpc) is 3.13. The van der Waals surface area contributed by atoms with Crippen molar-refractivity contribution in [2.45, 2.75) is 31.2 Å². The van der Waals surface area contributed by atoms with Crippen molar-refractivity contribution < 1.29 is 13.2 Å². The standard InChI is InChI=1S/C22H25N5O3S2/c1-15-6-8-26(9-7-15)20-5-2-16(13-23-20)14-24-21(28)17-3-4-18-19(12-17)31-22-25-32(29,30)11-10-27(18)22/h2-5,12-13,15H,6-11,14H2,1H3,(H,24,28). The number of piperidine rings is 1. The van der Waals surface area contributed by atoms with E-state index in [-0.39, 0.29) is 11.7 Å². The van der Waals surface area contributed by atoms with E-state index >= 15 is 0 Å². The summed E-state index contributed by atoms with van der Waals surface area (Å²) in [7, 11) is -3.40. The molecule has 0 radical (unpaired) electrons. The molecule has 168 valence electrons. The van der Waals surface area contributed by atoms with Crippen molar-refractivity contribution in [3.8, 4) is 0 Å². The van der Waals surface area contributed by atoms with E-state index in [0.717, 1.165) is 41.0 Å². The Hall–Kier alpha value is -2.59. The summed E-state index contributed by atoms with van der Waals surface area (Å²) in [5.74, 6) is 1.59. The summed E-state index contributed by atoms with van der Waals surface area (Å²) in [6.07, 6.45) is 4.21. The molecule has 1 saturated heterocycles. The van der Waals surface area contributed by atoms with Crippen molar-refractivity contribution in [3.05, 3.63) is 47.7 Å². The van der Waals surface area contributed by atoms with Gasteiger partial charge in [-0.05, 0) is 60.4 Å². The van der Waals surface area contributed by atoms with Crippen LogP contribution in [0.5, 0.6) is 0 Å². The van der Waals surface area contributed by atoms with Crippen LogP contribution < -0.4 is 15.1 Å². The molecule has 8 nitrogen and oxygen atoms in total. The number of hydrogen-bond donors (Lipinski definition) is 1. The molecule has 1 amide bonds. The lowest BCUT2D eigenvalue weighted by molar-refractivity contribution is 0.0950. The lowest BCUT2D eigenvalue weighted by Gasteiger charge is -2.31. The molecular formula is C22H25N5O3S2. The molecule has 5 rings (SSSR count). The van der Waals surface area contributed by atoms with Crippen molar-refractivity contribution in [3.63, 3.8) is 0 Å². The Morgan fingerprint density at radius 3 is 2.75 bits per heavy atom. The summed E-state index contributed by atoms with van der Waals surface area (Å²) >= 11 is 1.29. The van der Waals surface area contributed by atoms with E-state index in [4.69, 9.17) is 0 Å². The average molecular weight is 472 g/mol. The number of benzene rings is 1. The van der Waals surface area contributed by atoms with E-state index in [9.17, 15) is 13.2 Å². The molecule has 0 aliphatic carbocycles. The molecule has 32 heavy (non-hydrogen) atoms. The maximum absolute atomic E-state index is 12.7. The van der Waals surface area contributed by atoms with Gasteiger partial charge in [-0.15, -0.1) is 4.40 Å². The van der Waals surface area contributed by atoms with Gasteiger partial charge in [-0.1, -0.05) is 13.0 Å². The maximum atomic E-state index is 12.7. The molecule has 3 aliphatic rings. The fraction of sp³-hybridized carbons (Fsp3) is 0.409. The van der Waals surface area contributed by atoms with E-state index in [1.54, 1.807) is 12.1 Å². The molecule has 2 aromatic rings. The number of nitrogens with one attached hydrogen (secondary N) is 1. The number of pyridine rings is 1. The number of amidine groups is 1. The molecule has 1 N–H and O–H groups in total. The second kappa shape index (κ2) is 8.40. The molecule has 0 atom stereocenters. The van der Waals surface area contributed by atoms with Crippen LogP contribution in [0.4, 0.5) is 11.5 Å². The lowest BCUT2D eigenvalue weighted by Crippen LogP contribution is -2.35. The van der Waals surface area contributed by atoms with Gasteiger partial charge < -0.3 is 15.1 Å². The van der Waals surface area contributed by atoms with E-state index in [2.05, 4.69) is 26.5 Å². The van der Waals surface area contributed by atoms with Gasteiger partial charge in [0.25, 0.3) is 15.9 Å². The first-order chi connectivity index (χ1) is 15.4.